The van der Waals surface area contributed by atoms with Crippen molar-refractivity contribution in [1.29, 1.82) is 0 Å². The van der Waals surface area contributed by atoms with Gasteiger partial charge in [0.2, 0.25) is 0 Å². The van der Waals surface area contributed by atoms with E-state index >= 15 is 0 Å². The molecular weight excluding hydrogens is 240 g/mol. The van der Waals surface area contributed by atoms with E-state index in [4.69, 9.17) is 0 Å². The van der Waals surface area contributed by atoms with Gasteiger partial charge in [-0.1, -0.05) is 37.3 Å². The van der Waals surface area contributed by atoms with Crippen LogP contribution < -0.4 is 0 Å². The number of rotatable bonds is 5. The van der Waals surface area contributed by atoms with Gasteiger partial charge >= 0.3 is 0 Å². The molecule has 0 bridgehead atoms. The number of benzene rings is 2. The first-order chi connectivity index (χ1) is 8.88. The molecule has 0 amide bonds. The van der Waals surface area contributed by atoms with E-state index in [-0.39, 0.29) is 0 Å². The first-order valence-electron chi connectivity index (χ1n) is 6.03. The Hall–Kier alpha value is -1.61. The molecule has 0 atom stereocenters. The Kier molecular flexibility index (Phi) is 4.97. The largest absolute Gasteiger partial charge is 0.184 e. The fourth-order valence-electron chi connectivity index (χ4n) is 1.59. The van der Waals surface area contributed by atoms with E-state index in [0.717, 1.165) is 11.4 Å². The molecule has 2 aromatic rings. The number of hydrogen-bond donors (Lipinski definition) is 0. The number of hydrogen-bond acceptors (Lipinski definition) is 3. The molecule has 0 spiro atoms. The summed E-state index contributed by atoms with van der Waals surface area (Å²) in [6.07, 6.45) is 0. The van der Waals surface area contributed by atoms with E-state index in [1.54, 1.807) is 0 Å². The number of nitrogens with zero attached hydrogens (tertiary/aromatic N) is 2. The molecule has 0 unspecified atom stereocenters. The molecule has 0 aliphatic rings. The van der Waals surface area contributed by atoms with E-state index in [2.05, 4.69) is 41.4 Å². The highest BCUT2D eigenvalue weighted by Gasteiger charge is 1.95. The lowest BCUT2D eigenvalue weighted by Crippen LogP contribution is -1.81. The van der Waals surface area contributed by atoms with Crippen molar-refractivity contribution in [3.05, 3.63) is 60.2 Å². The molecule has 0 N–H and O–H groups in total. The SMILES string of the molecule is CCSc1cccc(CN=Nc2ccccc2)c1. The molecule has 0 aliphatic carbocycles. The summed E-state index contributed by atoms with van der Waals surface area (Å²) in [5.41, 5.74) is 2.10. The van der Waals surface area contributed by atoms with Crippen molar-refractivity contribution in [1.82, 2.24) is 0 Å². The van der Waals surface area contributed by atoms with Crippen molar-refractivity contribution in [2.45, 2.75) is 18.4 Å². The van der Waals surface area contributed by atoms with Gasteiger partial charge in [-0.3, -0.25) is 0 Å². The number of thioether (sulfide) groups is 1. The van der Waals surface area contributed by atoms with E-state index in [0.29, 0.717) is 6.54 Å². The molecule has 0 saturated heterocycles. The van der Waals surface area contributed by atoms with Gasteiger partial charge in [0.1, 0.15) is 0 Å². The zero-order valence-electron chi connectivity index (χ0n) is 10.4. The lowest BCUT2D eigenvalue weighted by atomic mass is 10.2. The minimum atomic E-state index is 0.632. The zero-order valence-corrected chi connectivity index (χ0v) is 11.2. The third-order valence-electron chi connectivity index (χ3n) is 2.41. The maximum atomic E-state index is 4.23. The predicted molar refractivity (Wildman–Crippen MR) is 77.5 cm³/mol. The van der Waals surface area contributed by atoms with Crippen LogP contribution in [0.25, 0.3) is 0 Å². The third kappa shape index (κ3) is 4.00. The summed E-state index contributed by atoms with van der Waals surface area (Å²) in [6, 6.07) is 18.3. The minimum Gasteiger partial charge on any atom is -0.184 e. The van der Waals surface area contributed by atoms with Crippen LogP contribution in [0, 0.1) is 0 Å². The standard InChI is InChI=1S/C15H16N2S/c1-2-18-15-10-6-7-13(11-15)12-16-17-14-8-4-3-5-9-14/h3-11H,2,12H2,1H3. The topological polar surface area (TPSA) is 24.7 Å². The fraction of sp³-hybridized carbons (Fsp3) is 0.200. The van der Waals surface area contributed by atoms with E-state index in [1.807, 2.05) is 42.1 Å². The molecule has 0 fully saturated rings. The number of azo groups is 1. The maximum Gasteiger partial charge on any atom is 0.0854 e. The molecule has 0 heterocycles. The molecule has 0 aliphatic heterocycles. The van der Waals surface area contributed by atoms with Crippen molar-refractivity contribution >= 4 is 17.4 Å². The van der Waals surface area contributed by atoms with E-state index in [1.165, 1.54) is 10.5 Å². The van der Waals surface area contributed by atoms with Crippen LogP contribution in [0.15, 0.2) is 69.7 Å². The van der Waals surface area contributed by atoms with Crippen LogP contribution >= 0.6 is 11.8 Å². The summed E-state index contributed by atoms with van der Waals surface area (Å²) < 4.78 is 0. The lowest BCUT2D eigenvalue weighted by molar-refractivity contribution is 0.954. The Balaban J connectivity index is 1.97. The van der Waals surface area contributed by atoms with E-state index in [9.17, 15) is 0 Å². The van der Waals surface area contributed by atoms with Crippen LogP contribution in [0.3, 0.4) is 0 Å². The second kappa shape index (κ2) is 6.97. The second-order valence-corrected chi connectivity index (χ2v) is 5.15. The molecule has 92 valence electrons. The van der Waals surface area contributed by atoms with Crippen LogP contribution in [-0.2, 0) is 6.54 Å². The lowest BCUT2D eigenvalue weighted by Gasteiger charge is -2.00. The normalized spacial score (nSPS) is 10.9. The smallest absolute Gasteiger partial charge is 0.0854 e. The molecule has 2 nitrogen and oxygen atoms in total. The van der Waals surface area contributed by atoms with Gasteiger partial charge in [-0.05, 0) is 35.6 Å². The van der Waals surface area contributed by atoms with Gasteiger partial charge in [0.05, 0.1) is 12.2 Å². The fourth-order valence-corrected chi connectivity index (χ4v) is 2.34. The minimum absolute atomic E-state index is 0.632. The van der Waals surface area contributed by atoms with E-state index < -0.39 is 0 Å². The zero-order chi connectivity index (χ0) is 12.6. The van der Waals surface area contributed by atoms with Crippen molar-refractivity contribution in [2.24, 2.45) is 10.2 Å². The average Bonchev–Trinajstić information content (AvgIpc) is 2.41. The Morgan fingerprint density at radius 3 is 2.61 bits per heavy atom. The molecule has 0 aromatic heterocycles. The average molecular weight is 256 g/mol. The first-order valence-corrected chi connectivity index (χ1v) is 7.01. The highest BCUT2D eigenvalue weighted by Crippen LogP contribution is 2.19. The van der Waals surface area contributed by atoms with Gasteiger partial charge in [-0.2, -0.15) is 10.2 Å². The van der Waals surface area contributed by atoms with Crippen LogP contribution in [0.1, 0.15) is 12.5 Å². The molecule has 2 rings (SSSR count). The highest BCUT2D eigenvalue weighted by atomic mass is 32.2. The van der Waals surface area contributed by atoms with Crippen LogP contribution in [0.2, 0.25) is 0 Å². The first kappa shape index (κ1) is 12.8. The van der Waals surface area contributed by atoms with Crippen molar-refractivity contribution in [3.63, 3.8) is 0 Å². The Morgan fingerprint density at radius 1 is 1.00 bits per heavy atom. The maximum absolute atomic E-state index is 4.23. The third-order valence-corrected chi connectivity index (χ3v) is 3.28. The van der Waals surface area contributed by atoms with Crippen LogP contribution in [0.4, 0.5) is 5.69 Å². The molecule has 3 heteroatoms. The molecule has 0 saturated carbocycles. The highest BCUT2D eigenvalue weighted by molar-refractivity contribution is 7.99. The van der Waals surface area contributed by atoms with Gasteiger partial charge in [0.25, 0.3) is 0 Å². The van der Waals surface area contributed by atoms with Gasteiger partial charge in [-0.25, -0.2) is 0 Å². The summed E-state index contributed by atoms with van der Waals surface area (Å²) in [4.78, 5) is 1.30. The van der Waals surface area contributed by atoms with Crippen LogP contribution in [0.5, 0.6) is 0 Å². The summed E-state index contributed by atoms with van der Waals surface area (Å²) in [7, 11) is 0. The van der Waals surface area contributed by atoms with Crippen LogP contribution in [-0.4, -0.2) is 5.75 Å². The molecule has 0 radical (unpaired) electrons. The van der Waals surface area contributed by atoms with Crippen molar-refractivity contribution in [3.8, 4) is 0 Å². The molecule has 2 aromatic carbocycles. The summed E-state index contributed by atoms with van der Waals surface area (Å²) in [5, 5.41) is 8.42. The van der Waals surface area contributed by atoms with Crippen molar-refractivity contribution < 1.29 is 0 Å². The monoisotopic (exact) mass is 256 g/mol. The van der Waals surface area contributed by atoms with Gasteiger partial charge in [0, 0.05) is 4.90 Å². The van der Waals surface area contributed by atoms with Gasteiger partial charge in [0.15, 0.2) is 0 Å². The second-order valence-electron chi connectivity index (χ2n) is 3.82. The van der Waals surface area contributed by atoms with Gasteiger partial charge in [-0.15, -0.1) is 11.8 Å². The predicted octanol–water partition coefficient (Wildman–Crippen LogP) is 5.08. The summed E-state index contributed by atoms with van der Waals surface area (Å²) >= 11 is 1.85. The molecule has 18 heavy (non-hydrogen) atoms. The Labute approximate surface area is 112 Å². The van der Waals surface area contributed by atoms with Crippen molar-refractivity contribution in [2.75, 3.05) is 5.75 Å². The Morgan fingerprint density at radius 2 is 1.83 bits per heavy atom. The Bertz CT molecular complexity index is 509. The summed E-state index contributed by atoms with van der Waals surface area (Å²) in [6.45, 7) is 2.79. The summed E-state index contributed by atoms with van der Waals surface area (Å²) in [5.74, 6) is 1.09. The van der Waals surface area contributed by atoms with Gasteiger partial charge < -0.3 is 0 Å². The molecular formula is C15H16N2S. The quantitative estimate of drug-likeness (QED) is 0.540.